The summed E-state index contributed by atoms with van der Waals surface area (Å²) < 4.78 is 38.8. The second-order valence-corrected chi connectivity index (χ2v) is 10.6. The van der Waals surface area contributed by atoms with Crippen molar-refractivity contribution in [3.05, 3.63) is 45.1 Å². The Morgan fingerprint density at radius 2 is 1.96 bits per heavy atom. The first-order chi connectivity index (χ1) is 12.9. The molecule has 6 nitrogen and oxygen atoms in total. The van der Waals surface area contributed by atoms with E-state index < -0.39 is 10.0 Å². The maximum Gasteiger partial charge on any atom is 0.243 e. The second-order valence-electron chi connectivity index (χ2n) is 6.33. The average molecular weight is 475 g/mol. The number of benzene rings is 1. The summed E-state index contributed by atoms with van der Waals surface area (Å²) in [6.07, 6.45) is 0. The number of halogens is 1. The Hall–Kier alpha value is -0.970. The number of ether oxygens (including phenoxy) is 2. The van der Waals surface area contributed by atoms with Gasteiger partial charge in [0.25, 0.3) is 0 Å². The first kappa shape index (κ1) is 20.8. The Bertz CT molecular complexity index is 833. The summed E-state index contributed by atoms with van der Waals surface area (Å²) >= 11 is 5.15. The first-order valence-electron chi connectivity index (χ1n) is 8.67. The van der Waals surface area contributed by atoms with Gasteiger partial charge in [-0.3, -0.25) is 4.90 Å². The van der Waals surface area contributed by atoms with Gasteiger partial charge in [0.15, 0.2) is 0 Å². The minimum Gasteiger partial charge on any atom is -0.492 e. The highest BCUT2D eigenvalue weighted by molar-refractivity contribution is 9.11. The fraction of sp³-hybridized carbons (Fsp3) is 0.444. The Labute approximate surface area is 172 Å². The molecule has 0 bridgehead atoms. The van der Waals surface area contributed by atoms with Crippen molar-refractivity contribution in [1.29, 1.82) is 0 Å². The van der Waals surface area contributed by atoms with Crippen LogP contribution in [0, 0.1) is 0 Å². The van der Waals surface area contributed by atoms with E-state index in [1.165, 1.54) is 9.87 Å². The lowest BCUT2D eigenvalue weighted by Crippen LogP contribution is -2.40. The van der Waals surface area contributed by atoms with Crippen molar-refractivity contribution >= 4 is 37.3 Å². The molecule has 0 radical (unpaired) electrons. The van der Waals surface area contributed by atoms with Gasteiger partial charge in [0, 0.05) is 26.2 Å². The predicted molar refractivity (Wildman–Crippen MR) is 110 cm³/mol. The highest BCUT2D eigenvalue weighted by atomic mass is 79.9. The zero-order chi connectivity index (χ0) is 19.3. The number of sulfonamides is 1. The smallest absolute Gasteiger partial charge is 0.243 e. The zero-order valence-corrected chi connectivity index (χ0v) is 18.4. The van der Waals surface area contributed by atoms with E-state index in [9.17, 15) is 8.42 Å². The number of rotatable bonds is 8. The standard InChI is InChI=1S/C18H23BrN2O4S2/c1-20(13-15-12-18(19)26-14-15)6-11-25-16-2-4-17(5-3-16)27(22,23)21-7-9-24-10-8-21/h2-5,12,14H,6-11,13H2,1H3. The maximum absolute atomic E-state index is 12.6. The van der Waals surface area contributed by atoms with Gasteiger partial charge in [-0.2, -0.15) is 4.31 Å². The molecule has 0 N–H and O–H groups in total. The largest absolute Gasteiger partial charge is 0.492 e. The van der Waals surface area contributed by atoms with Crippen molar-refractivity contribution in [3.8, 4) is 5.75 Å². The Morgan fingerprint density at radius 1 is 1.26 bits per heavy atom. The fourth-order valence-electron chi connectivity index (χ4n) is 2.78. The summed E-state index contributed by atoms with van der Waals surface area (Å²) in [6.45, 7) is 3.86. The van der Waals surface area contributed by atoms with E-state index >= 15 is 0 Å². The first-order valence-corrected chi connectivity index (χ1v) is 11.8. The van der Waals surface area contributed by atoms with Gasteiger partial charge >= 0.3 is 0 Å². The summed E-state index contributed by atoms with van der Waals surface area (Å²) in [4.78, 5) is 2.48. The fourth-order valence-corrected chi connectivity index (χ4v) is 5.39. The van der Waals surface area contributed by atoms with Crippen molar-refractivity contribution in [2.24, 2.45) is 0 Å². The molecule has 1 aliphatic rings. The molecule has 0 aliphatic carbocycles. The van der Waals surface area contributed by atoms with Crippen LogP contribution in [0.1, 0.15) is 5.56 Å². The lowest BCUT2D eigenvalue weighted by Gasteiger charge is -2.26. The van der Waals surface area contributed by atoms with Crippen LogP contribution in [0.2, 0.25) is 0 Å². The number of hydrogen-bond acceptors (Lipinski definition) is 6. The third-order valence-electron chi connectivity index (χ3n) is 4.25. The number of thiophene rings is 1. The van der Waals surface area contributed by atoms with Gasteiger partial charge in [0.1, 0.15) is 12.4 Å². The van der Waals surface area contributed by atoms with Crippen molar-refractivity contribution in [2.45, 2.75) is 11.4 Å². The van der Waals surface area contributed by atoms with E-state index in [0.29, 0.717) is 38.7 Å². The van der Waals surface area contributed by atoms with Gasteiger partial charge in [-0.15, -0.1) is 11.3 Å². The third-order valence-corrected chi connectivity index (χ3v) is 7.71. The number of nitrogens with zero attached hydrogens (tertiary/aromatic N) is 2. The van der Waals surface area contributed by atoms with Crippen molar-refractivity contribution in [2.75, 3.05) is 46.5 Å². The van der Waals surface area contributed by atoms with E-state index in [1.807, 2.05) is 7.05 Å². The van der Waals surface area contributed by atoms with Crippen LogP contribution in [-0.2, 0) is 21.3 Å². The number of hydrogen-bond donors (Lipinski definition) is 0. The maximum atomic E-state index is 12.6. The highest BCUT2D eigenvalue weighted by Crippen LogP contribution is 2.22. The van der Waals surface area contributed by atoms with Crippen LogP contribution < -0.4 is 4.74 Å². The van der Waals surface area contributed by atoms with Crippen molar-refractivity contribution in [3.63, 3.8) is 0 Å². The van der Waals surface area contributed by atoms with E-state index in [1.54, 1.807) is 35.6 Å². The summed E-state index contributed by atoms with van der Waals surface area (Å²) in [7, 11) is -1.41. The monoisotopic (exact) mass is 474 g/mol. The summed E-state index contributed by atoms with van der Waals surface area (Å²) in [5.74, 6) is 0.669. The molecule has 27 heavy (non-hydrogen) atoms. The summed E-state index contributed by atoms with van der Waals surface area (Å²) in [6, 6.07) is 8.75. The van der Waals surface area contributed by atoms with Gasteiger partial charge in [-0.1, -0.05) is 0 Å². The van der Waals surface area contributed by atoms with E-state index in [0.717, 1.165) is 16.9 Å². The van der Waals surface area contributed by atoms with E-state index in [2.05, 4.69) is 32.3 Å². The summed E-state index contributed by atoms with van der Waals surface area (Å²) in [5.41, 5.74) is 1.27. The van der Waals surface area contributed by atoms with Crippen LogP contribution in [0.25, 0.3) is 0 Å². The van der Waals surface area contributed by atoms with Gasteiger partial charge in [-0.05, 0) is 64.3 Å². The SMILES string of the molecule is CN(CCOc1ccc(S(=O)(=O)N2CCOCC2)cc1)Cc1csc(Br)c1. The Morgan fingerprint density at radius 3 is 2.59 bits per heavy atom. The minimum absolute atomic E-state index is 0.289. The molecule has 0 unspecified atom stereocenters. The molecule has 148 valence electrons. The molecule has 9 heteroatoms. The highest BCUT2D eigenvalue weighted by Gasteiger charge is 2.26. The van der Waals surface area contributed by atoms with Gasteiger partial charge in [0.2, 0.25) is 10.0 Å². The molecule has 0 spiro atoms. The normalized spacial score (nSPS) is 16.0. The molecule has 1 saturated heterocycles. The minimum atomic E-state index is -3.46. The molecule has 0 atom stereocenters. The molecule has 1 aliphatic heterocycles. The summed E-state index contributed by atoms with van der Waals surface area (Å²) in [5, 5.41) is 2.13. The molecule has 1 fully saturated rings. The van der Waals surface area contributed by atoms with Crippen LogP contribution in [0.15, 0.2) is 44.4 Å². The lowest BCUT2D eigenvalue weighted by atomic mass is 10.3. The topological polar surface area (TPSA) is 59.1 Å². The molecule has 2 aromatic rings. The van der Waals surface area contributed by atoms with Crippen LogP contribution in [0.3, 0.4) is 0 Å². The molecule has 2 heterocycles. The predicted octanol–water partition coefficient (Wildman–Crippen LogP) is 3.04. The molecule has 3 rings (SSSR count). The van der Waals surface area contributed by atoms with Crippen LogP contribution >= 0.6 is 27.3 Å². The molecule has 1 aromatic heterocycles. The molecule has 0 saturated carbocycles. The molecular weight excluding hydrogens is 452 g/mol. The Balaban J connectivity index is 1.48. The second kappa shape index (κ2) is 9.49. The zero-order valence-electron chi connectivity index (χ0n) is 15.1. The molecule has 1 aromatic carbocycles. The van der Waals surface area contributed by atoms with Gasteiger partial charge in [-0.25, -0.2) is 8.42 Å². The number of morpholine rings is 1. The van der Waals surface area contributed by atoms with Crippen LogP contribution in [-0.4, -0.2) is 64.1 Å². The molecular formula is C18H23BrN2O4S2. The quantitative estimate of drug-likeness (QED) is 0.588. The number of likely N-dealkylation sites (N-methyl/N-ethyl adjacent to an activating group) is 1. The van der Waals surface area contributed by atoms with Crippen LogP contribution in [0.5, 0.6) is 5.75 Å². The molecule has 0 amide bonds. The average Bonchev–Trinajstić information content (AvgIpc) is 3.07. The van der Waals surface area contributed by atoms with E-state index in [4.69, 9.17) is 9.47 Å². The van der Waals surface area contributed by atoms with Gasteiger partial charge in [0.05, 0.1) is 21.9 Å². The van der Waals surface area contributed by atoms with Crippen molar-refractivity contribution < 1.29 is 17.9 Å². The van der Waals surface area contributed by atoms with Gasteiger partial charge < -0.3 is 9.47 Å². The third kappa shape index (κ3) is 5.75. The Kier molecular flexibility index (Phi) is 7.29. The van der Waals surface area contributed by atoms with Crippen molar-refractivity contribution in [1.82, 2.24) is 9.21 Å². The lowest BCUT2D eigenvalue weighted by molar-refractivity contribution is 0.0730. The van der Waals surface area contributed by atoms with Crippen LogP contribution in [0.4, 0.5) is 0 Å². The van der Waals surface area contributed by atoms with E-state index in [-0.39, 0.29) is 4.90 Å².